The number of nitrogens with zero attached hydrogens (tertiary/aromatic N) is 5. The number of amides is 2. The monoisotopic (exact) mass is 677 g/mol. The highest BCUT2D eigenvalue weighted by Crippen LogP contribution is 2.46. The van der Waals surface area contributed by atoms with E-state index in [1.807, 2.05) is 55.1 Å². The minimum absolute atomic E-state index is 0.0158. The molecule has 0 saturated carbocycles. The molecule has 2 saturated heterocycles. The van der Waals surface area contributed by atoms with E-state index >= 15 is 0 Å². The molecule has 1 atom stereocenters. The number of likely N-dealkylation sites (tertiary alicyclic amines) is 1. The number of rotatable bonds is 8. The lowest BCUT2D eigenvalue weighted by atomic mass is 9.77. The summed E-state index contributed by atoms with van der Waals surface area (Å²) in [6.45, 7) is 5.06. The number of pyridine rings is 1. The van der Waals surface area contributed by atoms with Crippen LogP contribution in [-0.4, -0.2) is 62.5 Å². The highest BCUT2D eigenvalue weighted by atomic mass is 16.5. The third-order valence-electron chi connectivity index (χ3n) is 10.4. The van der Waals surface area contributed by atoms with Crippen molar-refractivity contribution in [2.45, 2.75) is 38.3 Å². The molecule has 0 aliphatic carbocycles. The summed E-state index contributed by atoms with van der Waals surface area (Å²) in [7, 11) is 0. The van der Waals surface area contributed by atoms with Gasteiger partial charge in [0.15, 0.2) is 0 Å². The number of aromatic nitrogens is 3. The first-order chi connectivity index (χ1) is 24.8. The van der Waals surface area contributed by atoms with Gasteiger partial charge < -0.3 is 19.6 Å². The van der Waals surface area contributed by atoms with Gasteiger partial charge in [0.2, 0.25) is 11.8 Å². The zero-order valence-electron chi connectivity index (χ0n) is 28.6. The van der Waals surface area contributed by atoms with Crippen LogP contribution in [0.25, 0.3) is 22.2 Å². The third kappa shape index (κ3) is 5.40. The normalized spacial score (nSPS) is 17.6. The van der Waals surface area contributed by atoms with Crippen LogP contribution in [-0.2, 0) is 10.3 Å². The molecule has 2 aromatic heterocycles. The van der Waals surface area contributed by atoms with E-state index in [-0.39, 0.29) is 18.6 Å². The lowest BCUT2D eigenvalue weighted by molar-refractivity contribution is -0.124. The molecule has 1 N–H and O–H groups in total. The zero-order chi connectivity index (χ0) is 35.2. The van der Waals surface area contributed by atoms with Gasteiger partial charge in [-0.1, -0.05) is 91.0 Å². The van der Waals surface area contributed by atoms with Gasteiger partial charge in [0.25, 0.3) is 0 Å². The lowest BCUT2D eigenvalue weighted by Crippen LogP contribution is -2.38. The van der Waals surface area contributed by atoms with Crippen molar-refractivity contribution in [1.29, 1.82) is 0 Å². The quantitative estimate of drug-likeness (QED) is 0.165. The SMILES string of the molecule is CC(C)Oc1ccc(-c2nn(C(c3ccccc3)(c3ccccc3)c3ccccc3)c3ccc(N4CC[C@]5(CCN(C(=O)O)C5)C4=O)cc23)cn1. The summed E-state index contributed by atoms with van der Waals surface area (Å²) in [6.07, 6.45) is 1.94. The maximum Gasteiger partial charge on any atom is 0.407 e. The number of fused-ring (bicyclic) bond motifs is 1. The van der Waals surface area contributed by atoms with Crippen LogP contribution in [0.1, 0.15) is 43.4 Å². The van der Waals surface area contributed by atoms with Crippen molar-refractivity contribution in [2.24, 2.45) is 5.41 Å². The molecule has 0 bridgehead atoms. The van der Waals surface area contributed by atoms with Crippen LogP contribution in [0, 0.1) is 5.41 Å². The highest BCUT2D eigenvalue weighted by Gasteiger charge is 2.52. The molecule has 256 valence electrons. The average Bonchev–Trinajstić information content (AvgIpc) is 3.86. The number of carboxylic acid groups (broad SMARTS) is 1. The third-order valence-corrected chi connectivity index (χ3v) is 10.4. The maximum atomic E-state index is 14.1. The van der Waals surface area contributed by atoms with Gasteiger partial charge in [0.05, 0.1) is 17.0 Å². The second-order valence-corrected chi connectivity index (χ2v) is 13.8. The molecule has 9 nitrogen and oxygen atoms in total. The largest absolute Gasteiger partial charge is 0.475 e. The Balaban J connectivity index is 1.36. The van der Waals surface area contributed by atoms with Gasteiger partial charge in [-0.3, -0.25) is 4.79 Å². The van der Waals surface area contributed by atoms with Crippen molar-refractivity contribution in [2.75, 3.05) is 24.5 Å². The molecule has 2 amide bonds. The Labute approximate surface area is 296 Å². The smallest absolute Gasteiger partial charge is 0.407 e. The molecular weight excluding hydrogens is 638 g/mol. The number of hydrogen-bond acceptors (Lipinski definition) is 5. The number of anilines is 1. The highest BCUT2D eigenvalue weighted by molar-refractivity contribution is 6.04. The van der Waals surface area contributed by atoms with E-state index in [1.165, 1.54) is 4.90 Å². The second-order valence-electron chi connectivity index (χ2n) is 13.8. The molecule has 9 heteroatoms. The zero-order valence-corrected chi connectivity index (χ0v) is 28.6. The van der Waals surface area contributed by atoms with E-state index in [4.69, 9.17) is 9.84 Å². The Kier molecular flexibility index (Phi) is 8.05. The van der Waals surface area contributed by atoms with Gasteiger partial charge in [0.1, 0.15) is 11.2 Å². The predicted molar refractivity (Wildman–Crippen MR) is 197 cm³/mol. The van der Waals surface area contributed by atoms with Crippen molar-refractivity contribution >= 4 is 28.6 Å². The summed E-state index contributed by atoms with van der Waals surface area (Å²) in [5.41, 5.74) is 4.75. The lowest BCUT2D eigenvalue weighted by Gasteiger charge is -2.37. The Hall–Kier alpha value is -5.96. The molecule has 0 unspecified atom stereocenters. The molecule has 2 aliphatic rings. The van der Waals surface area contributed by atoms with E-state index in [9.17, 15) is 14.7 Å². The minimum atomic E-state index is -0.978. The van der Waals surface area contributed by atoms with E-state index in [0.29, 0.717) is 31.8 Å². The fourth-order valence-electron chi connectivity index (χ4n) is 7.96. The van der Waals surface area contributed by atoms with Crippen LogP contribution in [0.4, 0.5) is 10.5 Å². The van der Waals surface area contributed by atoms with Crippen molar-refractivity contribution < 1.29 is 19.4 Å². The summed E-state index contributed by atoms with van der Waals surface area (Å²) in [5, 5.41) is 16.0. The predicted octanol–water partition coefficient (Wildman–Crippen LogP) is 7.83. The van der Waals surface area contributed by atoms with Gasteiger partial charge in [-0.15, -0.1) is 0 Å². The molecule has 2 fully saturated rings. The molecule has 2 aliphatic heterocycles. The molecule has 1 spiro atoms. The van der Waals surface area contributed by atoms with E-state index in [2.05, 4.69) is 94.6 Å². The molecule has 4 heterocycles. The number of ether oxygens (including phenoxy) is 1. The second kappa shape index (κ2) is 12.7. The Morgan fingerprint density at radius 3 is 1.96 bits per heavy atom. The first-order valence-electron chi connectivity index (χ1n) is 17.4. The van der Waals surface area contributed by atoms with E-state index in [0.717, 1.165) is 44.5 Å². The van der Waals surface area contributed by atoms with Crippen molar-refractivity contribution in [3.05, 3.63) is 144 Å². The van der Waals surface area contributed by atoms with Crippen LogP contribution in [0.5, 0.6) is 5.88 Å². The van der Waals surface area contributed by atoms with Crippen molar-refractivity contribution in [3.8, 4) is 17.1 Å². The number of carbonyl (C=O) groups excluding carboxylic acids is 1. The van der Waals surface area contributed by atoms with Gasteiger partial charge >= 0.3 is 6.09 Å². The summed E-state index contributed by atoms with van der Waals surface area (Å²) in [4.78, 5) is 33.7. The summed E-state index contributed by atoms with van der Waals surface area (Å²) in [6, 6.07) is 41.2. The average molecular weight is 678 g/mol. The molecule has 8 rings (SSSR count). The Morgan fingerprint density at radius 1 is 0.824 bits per heavy atom. The van der Waals surface area contributed by atoms with Crippen LogP contribution in [0.15, 0.2) is 128 Å². The number of carbonyl (C=O) groups is 2. The van der Waals surface area contributed by atoms with Crippen LogP contribution in [0.2, 0.25) is 0 Å². The molecule has 0 radical (unpaired) electrons. The molecular formula is C42H39N5O4. The van der Waals surface area contributed by atoms with Gasteiger partial charge in [-0.25, -0.2) is 14.5 Å². The summed E-state index contributed by atoms with van der Waals surface area (Å²) >= 11 is 0. The Morgan fingerprint density at radius 2 is 1.43 bits per heavy atom. The molecule has 6 aromatic rings. The fourth-order valence-corrected chi connectivity index (χ4v) is 7.96. The minimum Gasteiger partial charge on any atom is -0.475 e. The van der Waals surface area contributed by atoms with Crippen molar-refractivity contribution in [3.63, 3.8) is 0 Å². The number of hydrogen-bond donors (Lipinski definition) is 1. The first kappa shape index (κ1) is 32.3. The van der Waals surface area contributed by atoms with E-state index < -0.39 is 17.0 Å². The number of benzene rings is 4. The molecule has 51 heavy (non-hydrogen) atoms. The van der Waals surface area contributed by atoms with Crippen LogP contribution < -0.4 is 9.64 Å². The Bertz CT molecular complexity index is 2110. The van der Waals surface area contributed by atoms with Gasteiger partial charge in [0, 0.05) is 48.5 Å². The summed E-state index contributed by atoms with van der Waals surface area (Å²) in [5.74, 6) is 0.508. The first-order valence-corrected chi connectivity index (χ1v) is 17.4. The topological polar surface area (TPSA) is 101 Å². The maximum absolute atomic E-state index is 14.1. The van der Waals surface area contributed by atoms with Crippen LogP contribution in [0.3, 0.4) is 0 Å². The van der Waals surface area contributed by atoms with Gasteiger partial charge in [-0.2, -0.15) is 5.10 Å². The van der Waals surface area contributed by atoms with Crippen LogP contribution >= 0.6 is 0 Å². The van der Waals surface area contributed by atoms with E-state index in [1.54, 1.807) is 6.20 Å². The standard InChI is InChI=1S/C42H39N5O4/c1-29(2)51-37-21-18-30(27-43-37)38-35-26-34(46-25-23-41(39(46)48)22-24-45(28-41)40(49)50)19-20-36(35)47(44-38)42(31-12-6-3-7-13-31,32-14-8-4-9-15-32)33-16-10-5-11-17-33/h3-21,26-27,29H,22-25,28H2,1-2H3,(H,49,50)/t41-/m0/s1. The molecule has 4 aromatic carbocycles. The fraction of sp³-hybridized carbons (Fsp3) is 0.238. The van der Waals surface area contributed by atoms with Gasteiger partial charge in [-0.05, 0) is 67.6 Å². The van der Waals surface area contributed by atoms with Crippen molar-refractivity contribution in [1.82, 2.24) is 19.7 Å². The summed E-state index contributed by atoms with van der Waals surface area (Å²) < 4.78 is 7.99.